The topological polar surface area (TPSA) is 178 Å². The van der Waals surface area contributed by atoms with Crippen molar-refractivity contribution >= 4 is 24.0 Å². The predicted octanol–water partition coefficient (Wildman–Crippen LogP) is 8.71. The second-order valence-electron chi connectivity index (χ2n) is 20.6. The molecule has 0 spiro atoms. The molecule has 10 atom stereocenters. The van der Waals surface area contributed by atoms with Gasteiger partial charge in [-0.3, -0.25) is 14.5 Å². The van der Waals surface area contributed by atoms with Gasteiger partial charge < -0.3 is 39.9 Å². The van der Waals surface area contributed by atoms with Crippen molar-refractivity contribution in [3.05, 3.63) is 95.8 Å². The Hall–Kier alpha value is -6.48. The van der Waals surface area contributed by atoms with Crippen LogP contribution in [0.15, 0.2) is 73.1 Å². The molecule has 0 radical (unpaired) electrons. The van der Waals surface area contributed by atoms with E-state index in [-0.39, 0.29) is 47.8 Å². The minimum Gasteiger partial charge on any atom is -0.453 e. The van der Waals surface area contributed by atoms with Gasteiger partial charge in [-0.2, -0.15) is 0 Å². The van der Waals surface area contributed by atoms with Crippen LogP contribution in [0.5, 0.6) is 0 Å². The molecule has 2 aromatic heterocycles. The zero-order valence-electron chi connectivity index (χ0n) is 39.8. The first-order chi connectivity index (χ1) is 32.8. The van der Waals surface area contributed by atoms with Crippen LogP contribution in [0.2, 0.25) is 0 Å². The summed E-state index contributed by atoms with van der Waals surface area (Å²) >= 11 is 0. The summed E-state index contributed by atoms with van der Waals surface area (Å²) in [6.07, 6.45) is 8.44. The van der Waals surface area contributed by atoms with E-state index in [0.717, 1.165) is 72.7 Å². The summed E-state index contributed by atoms with van der Waals surface area (Å²) in [4.78, 5) is 75.4. The van der Waals surface area contributed by atoms with Gasteiger partial charge in [0.15, 0.2) is 0 Å². The highest BCUT2D eigenvalue weighted by atomic mass is 16.5. The smallest absolute Gasteiger partial charge is 0.407 e. The number of hydrogen-bond acceptors (Lipinski definition) is 9. The van der Waals surface area contributed by atoms with Crippen LogP contribution in [0.1, 0.15) is 113 Å². The molecular weight excluding hydrogens is 859 g/mol. The Kier molecular flexibility index (Phi) is 11.0. The second kappa shape index (κ2) is 16.9. The molecule has 15 nitrogen and oxygen atoms in total. The van der Waals surface area contributed by atoms with Crippen molar-refractivity contribution in [1.82, 2.24) is 45.3 Å². The monoisotopic (exact) mass is 919 g/mol. The highest BCUT2D eigenvalue weighted by Crippen LogP contribution is 2.58. The van der Waals surface area contributed by atoms with Gasteiger partial charge >= 0.3 is 12.2 Å². The second-order valence-corrected chi connectivity index (χ2v) is 20.6. The maximum Gasteiger partial charge on any atom is 0.407 e. The Morgan fingerprint density at radius 3 is 1.32 bits per heavy atom. The summed E-state index contributed by atoms with van der Waals surface area (Å²) in [6, 6.07) is 21.4. The van der Waals surface area contributed by atoms with E-state index in [1.165, 1.54) is 47.6 Å². The molecule has 2 bridgehead atoms. The number of carbonyl (C=O) groups excluding carboxylic acids is 4. The van der Waals surface area contributed by atoms with Gasteiger partial charge in [0, 0.05) is 24.2 Å². The average molecular weight is 920 g/mol. The number of benzene rings is 3. The first kappa shape index (κ1) is 44.1. The fraction of sp³-hybridized carbons (Fsp3) is 0.472. The normalized spacial score (nSPS) is 26.1. The van der Waals surface area contributed by atoms with Crippen LogP contribution in [0, 0.1) is 23.7 Å². The lowest BCUT2D eigenvalue weighted by molar-refractivity contribution is -0.137. The van der Waals surface area contributed by atoms with Crippen molar-refractivity contribution < 1.29 is 28.7 Å². The van der Waals surface area contributed by atoms with E-state index in [9.17, 15) is 19.2 Å². The zero-order chi connectivity index (χ0) is 47.3. The number of methoxy groups -OCH3 is 2. The number of ether oxygens (including phenoxy) is 2. The molecule has 354 valence electrons. The quantitative estimate of drug-likeness (QED) is 0.0953. The zero-order valence-corrected chi connectivity index (χ0v) is 39.8. The fourth-order valence-electron chi connectivity index (χ4n) is 12.2. The molecular formula is C53H61N9O6. The summed E-state index contributed by atoms with van der Waals surface area (Å²) in [7, 11) is 4.89. The number of carbonyl (C=O) groups is 4. The van der Waals surface area contributed by atoms with Gasteiger partial charge in [-0.05, 0) is 114 Å². The summed E-state index contributed by atoms with van der Waals surface area (Å²) in [5.74, 6) is 2.06. The molecule has 5 fully saturated rings. The van der Waals surface area contributed by atoms with Crippen LogP contribution in [0.3, 0.4) is 0 Å². The third-order valence-corrected chi connectivity index (χ3v) is 16.0. The van der Waals surface area contributed by atoms with Crippen LogP contribution in [-0.2, 0) is 19.1 Å². The number of aromatic nitrogens is 4. The van der Waals surface area contributed by atoms with Gasteiger partial charge in [0.25, 0.3) is 0 Å². The summed E-state index contributed by atoms with van der Waals surface area (Å²) in [5.41, 5.74) is 11.6. The molecule has 2 aliphatic carbocycles. The molecule has 4 aliphatic heterocycles. The third kappa shape index (κ3) is 7.44. The van der Waals surface area contributed by atoms with E-state index in [2.05, 4.69) is 93.2 Å². The maximum atomic E-state index is 13.9. The Morgan fingerprint density at radius 2 is 0.956 bits per heavy atom. The van der Waals surface area contributed by atoms with Gasteiger partial charge in [-0.15, -0.1) is 0 Å². The Morgan fingerprint density at radius 1 is 0.574 bits per heavy atom. The lowest BCUT2D eigenvalue weighted by Crippen LogP contribution is -2.52. The number of nitrogens with one attached hydrogen (secondary N) is 4. The number of fused-ring (bicyclic) bond motifs is 7. The highest BCUT2D eigenvalue weighted by molar-refractivity contribution is 5.88. The molecule has 4 amide bonds. The number of rotatable bonds is 12. The van der Waals surface area contributed by atoms with Gasteiger partial charge in [-0.1, -0.05) is 88.4 Å². The standard InChI is InChI=1S/C53H61N9O6/c1-26(2)46(58-52(65)67-6)50(63)61-40-20-32(40)22-42(61)48-54-24-36(56-48)30-12-8-28(9-13-30)34-16-17-35(45-39-19-18-38(44(34)45)60(39)5)29-10-14-31(15-11-29)37-25-55-49(57-37)43-23-33-21-41(33)62(43)51(64)47(27(3)4)59-53(66)68-7/h8-17,24-27,32-33,38-43,46-47H,18-23H2,1-7H3,(H,54,56)(H,55,57)(H,58,65)(H,59,66)/t32?,33?,38?,39?,40?,41?,42-,43-,46-,47-/m0/s1. The summed E-state index contributed by atoms with van der Waals surface area (Å²) in [6.45, 7) is 7.74. The molecule has 6 unspecified atom stereocenters. The molecule has 6 aliphatic rings. The minimum absolute atomic E-state index is 0.0891. The molecule has 3 aromatic carbocycles. The maximum absolute atomic E-state index is 13.9. The summed E-state index contributed by atoms with van der Waals surface area (Å²) < 4.78 is 9.68. The van der Waals surface area contributed by atoms with Crippen molar-refractivity contribution in [2.24, 2.45) is 23.7 Å². The van der Waals surface area contributed by atoms with Gasteiger partial charge in [0.1, 0.15) is 23.7 Å². The number of piperidine rings is 2. The van der Waals surface area contributed by atoms with E-state index in [1.54, 1.807) is 0 Å². The van der Waals surface area contributed by atoms with Gasteiger partial charge in [0.05, 0.1) is 50.1 Å². The number of imidazole rings is 2. The highest BCUT2D eigenvalue weighted by Gasteiger charge is 2.57. The third-order valence-electron chi connectivity index (χ3n) is 16.0. The van der Waals surface area contributed by atoms with Crippen LogP contribution in [0.25, 0.3) is 44.8 Å². The molecule has 5 aromatic rings. The molecule has 68 heavy (non-hydrogen) atoms. The lowest BCUT2D eigenvalue weighted by atomic mass is 9.81. The number of H-pyrrole nitrogens is 2. The predicted molar refractivity (Wildman–Crippen MR) is 255 cm³/mol. The van der Waals surface area contributed by atoms with E-state index in [4.69, 9.17) is 19.4 Å². The van der Waals surface area contributed by atoms with E-state index in [0.29, 0.717) is 23.9 Å². The Labute approximate surface area is 396 Å². The number of nitrogens with zero attached hydrogens (tertiary/aromatic N) is 5. The molecule has 4 N–H and O–H groups in total. The number of likely N-dealkylation sites (tertiary alicyclic amines) is 2. The summed E-state index contributed by atoms with van der Waals surface area (Å²) in [5, 5.41) is 5.53. The Balaban J connectivity index is 0.815. The molecule has 6 heterocycles. The SMILES string of the molecule is COC(=O)N[C@H](C(=O)N1C2CC2C[C@H]1c1ncc(-c2ccc(-c3ccc(-c4ccc(-c5cnc([C@@H]6CC7CC7N6C(=O)[C@@H](NC(=O)OC)C(C)C)[nH]5)cc4)c4c3C3CCC4N3C)cc2)[nH]1)C(C)C. The van der Waals surface area contributed by atoms with Crippen LogP contribution < -0.4 is 10.6 Å². The molecule has 2 saturated carbocycles. The van der Waals surface area contributed by atoms with Crippen LogP contribution >= 0.6 is 0 Å². The van der Waals surface area contributed by atoms with Crippen molar-refractivity contribution in [3.63, 3.8) is 0 Å². The van der Waals surface area contributed by atoms with Crippen molar-refractivity contribution in [2.75, 3.05) is 21.3 Å². The first-order valence-electron chi connectivity index (χ1n) is 24.4. The van der Waals surface area contributed by atoms with Crippen molar-refractivity contribution in [1.29, 1.82) is 0 Å². The van der Waals surface area contributed by atoms with Crippen molar-refractivity contribution in [2.45, 2.75) is 115 Å². The van der Waals surface area contributed by atoms with Gasteiger partial charge in [-0.25, -0.2) is 19.6 Å². The largest absolute Gasteiger partial charge is 0.453 e. The van der Waals surface area contributed by atoms with E-state index >= 15 is 0 Å². The molecule has 11 rings (SSSR count). The fourth-order valence-corrected chi connectivity index (χ4v) is 12.2. The van der Waals surface area contributed by atoms with Gasteiger partial charge in [0.2, 0.25) is 11.8 Å². The Bertz CT molecular complexity index is 2590. The van der Waals surface area contributed by atoms with Crippen LogP contribution in [-0.4, -0.2) is 104 Å². The average Bonchev–Trinajstić information content (AvgIpc) is 3.76. The van der Waals surface area contributed by atoms with E-state index in [1.807, 2.05) is 49.9 Å². The number of aromatic amines is 2. The number of amides is 4. The van der Waals surface area contributed by atoms with Crippen LogP contribution in [0.4, 0.5) is 9.59 Å². The lowest BCUT2D eigenvalue weighted by Gasteiger charge is -2.31. The molecule has 15 heteroatoms. The van der Waals surface area contributed by atoms with Crippen molar-refractivity contribution in [3.8, 4) is 44.8 Å². The number of alkyl carbamates (subject to hydrolysis) is 2. The van der Waals surface area contributed by atoms with E-state index < -0.39 is 24.3 Å². The first-order valence-corrected chi connectivity index (χ1v) is 24.4. The minimum atomic E-state index is -0.677. The molecule has 3 saturated heterocycles. The number of hydrogen-bond donors (Lipinski definition) is 4.